The van der Waals surface area contributed by atoms with E-state index in [2.05, 4.69) is 37.2 Å². The largest absolute Gasteiger partial charge is 0.480 e. The summed E-state index contributed by atoms with van der Waals surface area (Å²) in [6, 6.07) is -8.88. The van der Waals surface area contributed by atoms with Gasteiger partial charge in [0, 0.05) is 19.4 Å². The zero-order chi connectivity index (χ0) is 42.5. The third kappa shape index (κ3) is 17.5. The fraction of sp³-hybridized carbons (Fsp3) is 0.743. The molecule has 0 aromatic carbocycles. The van der Waals surface area contributed by atoms with Gasteiger partial charge in [-0.25, -0.2) is 4.79 Å². The number of aliphatic hydroxyl groups excluding tert-OH is 1. The number of thioether (sulfide) groups is 1. The van der Waals surface area contributed by atoms with Gasteiger partial charge in [-0.1, -0.05) is 34.1 Å². The Hall–Kier alpha value is -4.50. The first kappa shape index (κ1) is 49.5. The fourth-order valence-electron chi connectivity index (χ4n) is 5.71. The van der Waals surface area contributed by atoms with Crippen LogP contribution in [0.4, 0.5) is 0 Å². The quantitative estimate of drug-likeness (QED) is 0.0663. The Bertz CT molecular complexity index is 1390. The zero-order valence-electron chi connectivity index (χ0n) is 32.8. The molecule has 1 rings (SSSR count). The average Bonchev–Trinajstić information content (AvgIpc) is 3.13. The lowest BCUT2D eigenvalue weighted by molar-refractivity contribution is -0.143. The van der Waals surface area contributed by atoms with E-state index in [0.29, 0.717) is 18.6 Å². The highest BCUT2D eigenvalue weighted by Gasteiger charge is 2.35. The molecule has 1 fully saturated rings. The third-order valence-corrected chi connectivity index (χ3v) is 10.00. The monoisotopic (exact) mass is 815 g/mol. The van der Waals surface area contributed by atoms with Crippen LogP contribution in [0.5, 0.6) is 0 Å². The predicted molar refractivity (Wildman–Crippen MR) is 206 cm³/mol. The Kier molecular flexibility index (Phi) is 22.7. The molecule has 21 heteroatoms. The molecule has 318 valence electrons. The Balaban J connectivity index is 3.39. The van der Waals surface area contributed by atoms with Crippen LogP contribution in [0.25, 0.3) is 0 Å². The van der Waals surface area contributed by atoms with Gasteiger partial charge in [-0.3, -0.25) is 43.7 Å². The zero-order valence-corrected chi connectivity index (χ0v) is 33.6. The number of carboxylic acid groups (broad SMARTS) is 1. The molecule has 8 atom stereocenters. The van der Waals surface area contributed by atoms with E-state index in [-0.39, 0.29) is 57.4 Å². The molecule has 0 aliphatic carbocycles. The van der Waals surface area contributed by atoms with Crippen LogP contribution < -0.4 is 48.7 Å². The highest BCUT2D eigenvalue weighted by atomic mass is 32.2. The van der Waals surface area contributed by atoms with Gasteiger partial charge in [-0.05, 0) is 62.4 Å². The van der Waals surface area contributed by atoms with Gasteiger partial charge in [0.05, 0.1) is 18.7 Å². The van der Waals surface area contributed by atoms with Crippen LogP contribution in [0.2, 0.25) is 0 Å². The minimum absolute atomic E-state index is 0.00907. The second-order valence-corrected chi connectivity index (χ2v) is 15.1. The molecule has 0 aromatic heterocycles. The van der Waals surface area contributed by atoms with Gasteiger partial charge >= 0.3 is 5.97 Å². The minimum Gasteiger partial charge on any atom is -0.480 e. The first-order valence-electron chi connectivity index (χ1n) is 18.8. The van der Waals surface area contributed by atoms with Crippen LogP contribution in [0, 0.1) is 11.8 Å². The van der Waals surface area contributed by atoms with Gasteiger partial charge in [0.15, 0.2) is 0 Å². The van der Waals surface area contributed by atoms with Gasteiger partial charge < -0.3 is 53.6 Å². The first-order valence-corrected chi connectivity index (χ1v) is 20.2. The predicted octanol–water partition coefficient (Wildman–Crippen LogP) is -2.90. The van der Waals surface area contributed by atoms with Gasteiger partial charge in [-0.2, -0.15) is 11.8 Å². The number of hydrogen-bond acceptors (Lipinski definition) is 12. The van der Waals surface area contributed by atoms with Crippen molar-refractivity contribution in [1.82, 2.24) is 37.2 Å². The normalized spacial score (nSPS) is 22.7. The molecule has 8 amide bonds. The highest BCUT2D eigenvalue weighted by Crippen LogP contribution is 2.13. The number of carbonyl (C=O) groups excluding carboxylic acids is 8. The average molecular weight is 816 g/mol. The number of primary amides is 2. The van der Waals surface area contributed by atoms with Gasteiger partial charge in [0.2, 0.25) is 47.3 Å². The van der Waals surface area contributed by atoms with E-state index in [9.17, 15) is 53.4 Å². The van der Waals surface area contributed by atoms with E-state index in [4.69, 9.17) is 11.5 Å². The molecule has 20 nitrogen and oxygen atoms in total. The third-order valence-electron chi connectivity index (χ3n) is 9.35. The molecule has 0 aromatic rings. The molecule has 0 radical (unpaired) electrons. The molecular weight excluding hydrogens is 755 g/mol. The summed E-state index contributed by atoms with van der Waals surface area (Å²) in [5, 5.41) is 37.9. The van der Waals surface area contributed by atoms with Crippen molar-refractivity contribution in [2.24, 2.45) is 23.3 Å². The van der Waals surface area contributed by atoms with E-state index >= 15 is 0 Å². The fourth-order valence-corrected chi connectivity index (χ4v) is 6.18. The van der Waals surface area contributed by atoms with E-state index < -0.39 is 108 Å². The lowest BCUT2D eigenvalue weighted by Gasteiger charge is -2.29. The summed E-state index contributed by atoms with van der Waals surface area (Å²) in [5.74, 6) is -7.87. The van der Waals surface area contributed by atoms with E-state index in [1.807, 2.05) is 6.92 Å². The summed E-state index contributed by atoms with van der Waals surface area (Å²) in [7, 11) is 0. The van der Waals surface area contributed by atoms with Gasteiger partial charge in [-0.15, -0.1) is 0 Å². The van der Waals surface area contributed by atoms with Crippen LogP contribution in [0.15, 0.2) is 0 Å². The van der Waals surface area contributed by atoms with E-state index in [1.165, 1.54) is 11.8 Å². The molecule has 13 N–H and O–H groups in total. The van der Waals surface area contributed by atoms with Crippen molar-refractivity contribution in [3.8, 4) is 0 Å². The Morgan fingerprint density at radius 1 is 0.893 bits per heavy atom. The molecule has 1 aliphatic rings. The standard InChI is InChI=1S/C35H61N9O11S/c1-6-19(4)28(29(37)48)39-21-11-13-26(47)38-15-8-7-9-20(40-33(52)24(17-45)43-31(50)22(14-16-56-5)41-30(21)49)32(51)44-27(18(2)3)34(53)42-23(35(54)55)10-12-25(36)46/h18-24,27-28,39,45H,6-17H2,1-5H3,(H2,36,46)(H2,37,48)(H,38,47)(H,40,52)(H,41,49)(H,42,53)(H,43,50)(H,44,51)(H,54,55)/t19-,20?,21?,22-,23?,24-,27-,28-/m0/s1. The number of aliphatic carboxylic acids is 1. The Morgan fingerprint density at radius 3 is 2.09 bits per heavy atom. The van der Waals surface area contributed by atoms with Gasteiger partial charge in [0.1, 0.15) is 30.2 Å². The number of carboxylic acids is 1. The first-order chi connectivity index (χ1) is 26.4. The lowest BCUT2D eigenvalue weighted by atomic mass is 9.96. The van der Waals surface area contributed by atoms with E-state index in [0.717, 1.165) is 0 Å². The molecule has 3 unspecified atom stereocenters. The number of nitrogens with two attached hydrogens (primary N) is 2. The lowest BCUT2D eigenvalue weighted by Crippen LogP contribution is -2.61. The van der Waals surface area contributed by atoms with Crippen molar-refractivity contribution >= 4 is 65.0 Å². The smallest absolute Gasteiger partial charge is 0.326 e. The van der Waals surface area contributed by atoms with Crippen molar-refractivity contribution in [3.63, 3.8) is 0 Å². The maximum Gasteiger partial charge on any atom is 0.326 e. The summed E-state index contributed by atoms with van der Waals surface area (Å²) < 4.78 is 0. The summed E-state index contributed by atoms with van der Waals surface area (Å²) in [6.45, 7) is 6.09. The molecule has 1 heterocycles. The number of amides is 8. The SMILES string of the molecule is CC[C@H](C)[C@H](NC1CCC(=O)NCCCCC(C(=O)N[C@H](C(=O)NC(CCC(N)=O)C(=O)O)C(C)C)NC(=O)[C@H](CO)NC(=O)[C@H](CCSC)NC1=O)C(N)=O. The van der Waals surface area contributed by atoms with Crippen LogP contribution in [-0.2, 0) is 43.2 Å². The molecule has 0 spiro atoms. The summed E-state index contributed by atoms with van der Waals surface area (Å²) in [6.07, 6.45) is 2.24. The summed E-state index contributed by atoms with van der Waals surface area (Å²) in [5.41, 5.74) is 10.8. The Morgan fingerprint density at radius 2 is 1.54 bits per heavy atom. The number of nitrogens with one attached hydrogen (secondary N) is 7. The van der Waals surface area contributed by atoms with Crippen molar-refractivity contribution < 1.29 is 53.4 Å². The molecule has 1 saturated heterocycles. The van der Waals surface area contributed by atoms with Crippen molar-refractivity contribution in [3.05, 3.63) is 0 Å². The van der Waals surface area contributed by atoms with Crippen LogP contribution in [-0.4, -0.2) is 131 Å². The summed E-state index contributed by atoms with van der Waals surface area (Å²) >= 11 is 1.38. The molecule has 0 saturated carbocycles. The molecule has 56 heavy (non-hydrogen) atoms. The van der Waals surface area contributed by atoms with E-state index in [1.54, 1.807) is 27.0 Å². The van der Waals surface area contributed by atoms with Crippen molar-refractivity contribution in [1.29, 1.82) is 0 Å². The van der Waals surface area contributed by atoms with Crippen LogP contribution in [0.1, 0.15) is 85.5 Å². The van der Waals surface area contributed by atoms with Crippen molar-refractivity contribution in [2.45, 2.75) is 128 Å². The molecule has 0 bridgehead atoms. The number of rotatable bonds is 18. The molecule has 1 aliphatic heterocycles. The number of carbonyl (C=O) groups is 9. The highest BCUT2D eigenvalue weighted by molar-refractivity contribution is 7.98. The maximum absolute atomic E-state index is 13.7. The van der Waals surface area contributed by atoms with Crippen molar-refractivity contribution in [2.75, 3.05) is 25.2 Å². The topological polar surface area (TPSA) is 330 Å². The molecular formula is C35H61N9O11S. The Labute approximate surface area is 331 Å². The van der Waals surface area contributed by atoms with Crippen LogP contribution >= 0.6 is 11.8 Å². The number of hydrogen-bond donors (Lipinski definition) is 11. The second-order valence-electron chi connectivity index (χ2n) is 14.2. The maximum atomic E-state index is 13.7. The minimum atomic E-state index is -1.58. The number of aliphatic hydroxyl groups is 1. The summed E-state index contributed by atoms with van der Waals surface area (Å²) in [4.78, 5) is 116. The second kappa shape index (κ2) is 25.6. The van der Waals surface area contributed by atoms with Crippen LogP contribution in [0.3, 0.4) is 0 Å². The van der Waals surface area contributed by atoms with Gasteiger partial charge in [0.25, 0.3) is 0 Å².